The van der Waals surface area contributed by atoms with E-state index in [-0.39, 0.29) is 11.9 Å². The van der Waals surface area contributed by atoms with Crippen molar-refractivity contribution in [1.29, 1.82) is 0 Å². The molecular weight excluding hydrogens is 194 g/mol. The molecule has 1 aromatic rings. The van der Waals surface area contributed by atoms with Crippen LogP contribution in [0.2, 0.25) is 0 Å². The van der Waals surface area contributed by atoms with Crippen LogP contribution in [-0.4, -0.2) is 19.2 Å². The highest BCUT2D eigenvalue weighted by atomic mass is 16.7. The lowest BCUT2D eigenvalue weighted by molar-refractivity contribution is -0.147. The first-order valence-corrected chi connectivity index (χ1v) is 4.96. The van der Waals surface area contributed by atoms with E-state index in [1.165, 1.54) is 0 Å². The third-order valence-electron chi connectivity index (χ3n) is 3.10. The van der Waals surface area contributed by atoms with Crippen molar-refractivity contribution >= 4 is 5.97 Å². The van der Waals surface area contributed by atoms with Gasteiger partial charge in [0.2, 0.25) is 0 Å². The van der Waals surface area contributed by atoms with Crippen molar-refractivity contribution in [2.24, 2.45) is 5.92 Å². The summed E-state index contributed by atoms with van der Waals surface area (Å²) in [7, 11) is 0. The van der Waals surface area contributed by atoms with E-state index in [2.05, 4.69) is 5.48 Å². The minimum Gasteiger partial charge on any atom is -0.463 e. The van der Waals surface area contributed by atoms with E-state index in [0.717, 1.165) is 5.56 Å². The minimum atomic E-state index is -0.777. The number of nitrogens with one attached hydrogen (secondary N) is 1. The zero-order valence-electron chi connectivity index (χ0n) is 8.10. The third-order valence-corrected chi connectivity index (χ3v) is 3.10. The normalized spacial score (nSPS) is 33.9. The van der Waals surface area contributed by atoms with Crippen LogP contribution in [0, 0.1) is 5.92 Å². The molecule has 1 aromatic carbocycles. The van der Waals surface area contributed by atoms with Crippen LogP contribution in [0.15, 0.2) is 30.3 Å². The van der Waals surface area contributed by atoms with Gasteiger partial charge in [0.1, 0.15) is 0 Å². The molecule has 0 radical (unpaired) electrons. The highest BCUT2D eigenvalue weighted by molar-refractivity contribution is 5.85. The molecule has 0 spiro atoms. The number of cyclic esters (lactones) is 1. The first kappa shape index (κ1) is 8.88. The third kappa shape index (κ3) is 1.06. The summed E-state index contributed by atoms with van der Waals surface area (Å²) in [6.45, 7) is 0.946. The molecule has 0 saturated carbocycles. The molecule has 2 aliphatic rings. The first-order valence-electron chi connectivity index (χ1n) is 4.96. The van der Waals surface area contributed by atoms with E-state index < -0.39 is 5.54 Å². The van der Waals surface area contributed by atoms with Gasteiger partial charge in [-0.05, 0) is 5.56 Å². The fraction of sp³-hybridized carbons (Fsp3) is 0.364. The molecule has 0 amide bonds. The molecule has 2 saturated heterocycles. The maximum absolute atomic E-state index is 11.8. The van der Waals surface area contributed by atoms with Gasteiger partial charge in [0, 0.05) is 0 Å². The topological polar surface area (TPSA) is 47.6 Å². The number of fused-ring (bicyclic) bond motifs is 1. The Balaban J connectivity index is 2.11. The van der Waals surface area contributed by atoms with Gasteiger partial charge in [0.25, 0.3) is 0 Å². The van der Waals surface area contributed by atoms with Crippen LogP contribution in [0.1, 0.15) is 5.56 Å². The Labute approximate surface area is 87.1 Å². The fourth-order valence-electron chi connectivity index (χ4n) is 2.25. The van der Waals surface area contributed by atoms with Crippen LogP contribution < -0.4 is 5.48 Å². The lowest BCUT2D eigenvalue weighted by atomic mass is 9.82. The van der Waals surface area contributed by atoms with Gasteiger partial charge in [-0.1, -0.05) is 30.3 Å². The van der Waals surface area contributed by atoms with Gasteiger partial charge in [-0.2, -0.15) is 5.48 Å². The van der Waals surface area contributed by atoms with Crippen LogP contribution in [0.3, 0.4) is 0 Å². The molecule has 4 nitrogen and oxygen atoms in total. The predicted octanol–water partition coefficient (Wildman–Crippen LogP) is 0.590. The second-order valence-electron chi connectivity index (χ2n) is 3.88. The highest BCUT2D eigenvalue weighted by Crippen LogP contribution is 2.40. The Hall–Kier alpha value is -1.39. The van der Waals surface area contributed by atoms with Crippen molar-refractivity contribution in [3.05, 3.63) is 35.9 Å². The molecule has 0 bridgehead atoms. The van der Waals surface area contributed by atoms with Gasteiger partial charge in [-0.15, -0.1) is 0 Å². The molecule has 0 aliphatic carbocycles. The summed E-state index contributed by atoms with van der Waals surface area (Å²) in [5.74, 6) is -0.163. The molecule has 4 heteroatoms. The van der Waals surface area contributed by atoms with E-state index in [1.54, 1.807) is 0 Å². The zero-order chi connectivity index (χ0) is 10.3. The Morgan fingerprint density at radius 3 is 2.87 bits per heavy atom. The Morgan fingerprint density at radius 1 is 1.27 bits per heavy atom. The number of carbonyl (C=O) groups is 1. The van der Waals surface area contributed by atoms with Crippen molar-refractivity contribution in [3.8, 4) is 0 Å². The van der Waals surface area contributed by atoms with Crippen LogP contribution in [0.5, 0.6) is 0 Å². The predicted molar refractivity (Wildman–Crippen MR) is 51.7 cm³/mol. The molecule has 2 fully saturated rings. The number of ether oxygens (including phenoxy) is 1. The number of hydroxylamine groups is 1. The standard InChI is InChI=1S/C11H11NO3/c13-10-11(8-4-2-1-3-5-8)9(6-14-10)7-15-12-11/h1-5,9,12H,6-7H2/t9-,11+/m0/s1. The number of hydrogen-bond acceptors (Lipinski definition) is 4. The van der Waals surface area contributed by atoms with Crippen molar-refractivity contribution < 1.29 is 14.4 Å². The molecular formula is C11H11NO3. The van der Waals surface area contributed by atoms with Crippen molar-refractivity contribution in [2.75, 3.05) is 13.2 Å². The van der Waals surface area contributed by atoms with E-state index >= 15 is 0 Å². The average Bonchev–Trinajstić information content (AvgIpc) is 2.82. The van der Waals surface area contributed by atoms with Crippen molar-refractivity contribution in [3.63, 3.8) is 0 Å². The summed E-state index contributed by atoms with van der Waals surface area (Å²) in [6, 6.07) is 9.58. The average molecular weight is 205 g/mol. The van der Waals surface area contributed by atoms with E-state index in [4.69, 9.17) is 9.57 Å². The molecule has 2 aliphatic heterocycles. The van der Waals surface area contributed by atoms with Gasteiger partial charge in [0.05, 0.1) is 19.1 Å². The van der Waals surface area contributed by atoms with E-state index in [9.17, 15) is 4.79 Å². The summed E-state index contributed by atoms with van der Waals surface area (Å²) in [5, 5.41) is 0. The maximum Gasteiger partial charge on any atom is 0.333 e. The van der Waals surface area contributed by atoms with Crippen LogP contribution in [0.4, 0.5) is 0 Å². The largest absolute Gasteiger partial charge is 0.463 e. The van der Waals surface area contributed by atoms with Gasteiger partial charge in [-0.3, -0.25) is 4.84 Å². The van der Waals surface area contributed by atoms with Crippen LogP contribution in [-0.2, 0) is 19.9 Å². The fourth-order valence-corrected chi connectivity index (χ4v) is 2.25. The number of hydrogen-bond donors (Lipinski definition) is 1. The quantitative estimate of drug-likeness (QED) is 0.682. The molecule has 3 rings (SSSR count). The summed E-state index contributed by atoms with van der Waals surface area (Å²) in [6.07, 6.45) is 0. The summed E-state index contributed by atoms with van der Waals surface area (Å²) in [4.78, 5) is 17.0. The second kappa shape index (κ2) is 3.05. The van der Waals surface area contributed by atoms with E-state index in [1.807, 2.05) is 30.3 Å². The Kier molecular flexibility index (Phi) is 1.81. The lowest BCUT2D eigenvalue weighted by Crippen LogP contribution is -2.45. The monoisotopic (exact) mass is 205 g/mol. The smallest absolute Gasteiger partial charge is 0.333 e. The van der Waals surface area contributed by atoms with Gasteiger partial charge >= 0.3 is 5.97 Å². The summed E-state index contributed by atoms with van der Waals surface area (Å²) >= 11 is 0. The van der Waals surface area contributed by atoms with Crippen LogP contribution >= 0.6 is 0 Å². The summed E-state index contributed by atoms with van der Waals surface area (Å²) < 4.78 is 5.10. The SMILES string of the molecule is O=C1OC[C@H]2CON[C@@]12c1ccccc1. The molecule has 15 heavy (non-hydrogen) atoms. The Morgan fingerprint density at radius 2 is 2.07 bits per heavy atom. The number of esters is 1. The molecule has 2 heterocycles. The van der Waals surface area contributed by atoms with Crippen molar-refractivity contribution in [1.82, 2.24) is 5.48 Å². The van der Waals surface area contributed by atoms with Crippen molar-refractivity contribution in [2.45, 2.75) is 5.54 Å². The van der Waals surface area contributed by atoms with Crippen LogP contribution in [0.25, 0.3) is 0 Å². The lowest BCUT2D eigenvalue weighted by Gasteiger charge is -2.22. The molecule has 2 atom stereocenters. The maximum atomic E-state index is 11.8. The molecule has 78 valence electrons. The van der Waals surface area contributed by atoms with Gasteiger partial charge in [0.15, 0.2) is 5.54 Å². The highest BCUT2D eigenvalue weighted by Gasteiger charge is 2.57. The summed E-state index contributed by atoms with van der Waals surface area (Å²) in [5.41, 5.74) is 2.96. The number of carbonyl (C=O) groups excluding carboxylic acids is 1. The second-order valence-corrected chi connectivity index (χ2v) is 3.88. The Bertz CT molecular complexity index is 392. The molecule has 0 unspecified atom stereocenters. The first-order chi connectivity index (χ1) is 7.34. The molecule has 1 N–H and O–H groups in total. The van der Waals surface area contributed by atoms with Gasteiger partial charge in [-0.25, -0.2) is 4.79 Å². The number of rotatable bonds is 1. The molecule has 0 aromatic heterocycles. The number of benzene rings is 1. The minimum absolute atomic E-state index is 0.0763. The zero-order valence-corrected chi connectivity index (χ0v) is 8.10. The van der Waals surface area contributed by atoms with E-state index in [0.29, 0.717) is 13.2 Å². The van der Waals surface area contributed by atoms with Gasteiger partial charge < -0.3 is 4.74 Å².